The summed E-state index contributed by atoms with van der Waals surface area (Å²) in [6.07, 6.45) is 0. The van der Waals surface area contributed by atoms with Crippen LogP contribution in [-0.4, -0.2) is 19.1 Å². The van der Waals surface area contributed by atoms with Crippen LogP contribution in [0.3, 0.4) is 0 Å². The second-order valence-corrected chi connectivity index (χ2v) is 5.82. The molecule has 2 aromatic carbocycles. The lowest BCUT2D eigenvalue weighted by atomic mass is 9.99. The molecule has 2 atom stereocenters. The summed E-state index contributed by atoms with van der Waals surface area (Å²) in [6.45, 7) is 5.97. The molecule has 0 aromatic heterocycles. The van der Waals surface area contributed by atoms with Crippen LogP contribution in [0, 0.1) is 12.7 Å². The summed E-state index contributed by atoms with van der Waals surface area (Å²) in [6, 6.07) is 16.1. The van der Waals surface area contributed by atoms with Gasteiger partial charge in [0.25, 0.3) is 0 Å². The van der Waals surface area contributed by atoms with Crippen molar-refractivity contribution in [2.75, 3.05) is 18.0 Å². The van der Waals surface area contributed by atoms with Gasteiger partial charge in [-0.2, -0.15) is 0 Å². The average Bonchev–Trinajstić information content (AvgIpc) is 2.50. The number of nitrogens with zero attached hydrogens (tertiary/aromatic N) is 1. The third-order valence-corrected chi connectivity index (χ3v) is 4.17. The number of benzene rings is 2. The Morgan fingerprint density at radius 2 is 1.90 bits per heavy atom. The molecule has 0 spiro atoms. The van der Waals surface area contributed by atoms with E-state index < -0.39 is 0 Å². The van der Waals surface area contributed by atoms with Gasteiger partial charge >= 0.3 is 0 Å². The van der Waals surface area contributed by atoms with E-state index in [0.29, 0.717) is 6.04 Å². The summed E-state index contributed by atoms with van der Waals surface area (Å²) in [4.78, 5) is 2.33. The molecule has 1 fully saturated rings. The van der Waals surface area contributed by atoms with Crippen molar-refractivity contribution >= 4 is 5.69 Å². The molecule has 1 saturated heterocycles. The van der Waals surface area contributed by atoms with Gasteiger partial charge in [0.1, 0.15) is 5.82 Å². The minimum Gasteiger partial charge on any atom is -0.361 e. The van der Waals surface area contributed by atoms with Crippen LogP contribution in [0.25, 0.3) is 0 Å². The number of anilines is 1. The second kappa shape index (κ2) is 5.86. The van der Waals surface area contributed by atoms with Crippen LogP contribution in [0.2, 0.25) is 0 Å². The molecule has 2 aromatic rings. The quantitative estimate of drug-likeness (QED) is 0.905. The van der Waals surface area contributed by atoms with E-state index in [1.54, 1.807) is 6.07 Å². The number of nitrogens with one attached hydrogen (secondary N) is 1. The number of rotatable bonds is 2. The minimum atomic E-state index is -0.173. The fourth-order valence-corrected chi connectivity index (χ4v) is 3.04. The van der Waals surface area contributed by atoms with Crippen molar-refractivity contribution in [1.82, 2.24) is 5.32 Å². The molecule has 0 amide bonds. The first-order valence-electron chi connectivity index (χ1n) is 7.46. The smallest absolute Gasteiger partial charge is 0.125 e. The summed E-state index contributed by atoms with van der Waals surface area (Å²) in [5, 5.41) is 3.53. The first-order chi connectivity index (χ1) is 10.1. The fourth-order valence-electron chi connectivity index (χ4n) is 3.04. The number of piperazine rings is 1. The third-order valence-electron chi connectivity index (χ3n) is 4.17. The first kappa shape index (κ1) is 14.1. The van der Waals surface area contributed by atoms with Gasteiger partial charge in [0.15, 0.2) is 0 Å². The molecule has 1 aliphatic heterocycles. The Morgan fingerprint density at radius 1 is 1.14 bits per heavy atom. The Labute approximate surface area is 125 Å². The predicted molar refractivity (Wildman–Crippen MR) is 85.1 cm³/mol. The Bertz CT molecular complexity index is 612. The summed E-state index contributed by atoms with van der Waals surface area (Å²) in [5.41, 5.74) is 3.38. The molecule has 0 aliphatic carbocycles. The van der Waals surface area contributed by atoms with Crippen LogP contribution in [-0.2, 0) is 0 Å². The fraction of sp³-hybridized carbons (Fsp3) is 0.333. The standard InChI is InChI=1S/C18H21FN2/c1-13-8-9-16(19)10-17(13)21-12-14(2)20-11-18(21)15-6-4-3-5-7-15/h3-10,14,18,20H,11-12H2,1-2H3. The number of halogens is 1. The van der Waals surface area contributed by atoms with Crippen molar-refractivity contribution in [1.29, 1.82) is 0 Å². The van der Waals surface area contributed by atoms with Gasteiger partial charge in [0.05, 0.1) is 6.04 Å². The second-order valence-electron chi connectivity index (χ2n) is 5.82. The summed E-state index contributed by atoms with van der Waals surface area (Å²) >= 11 is 0. The average molecular weight is 284 g/mol. The highest BCUT2D eigenvalue weighted by atomic mass is 19.1. The van der Waals surface area contributed by atoms with Gasteiger partial charge in [-0.05, 0) is 37.1 Å². The van der Waals surface area contributed by atoms with E-state index in [0.717, 1.165) is 24.3 Å². The molecule has 2 nitrogen and oxygen atoms in total. The molecule has 0 radical (unpaired) electrons. The highest BCUT2D eigenvalue weighted by Gasteiger charge is 2.28. The van der Waals surface area contributed by atoms with Gasteiger partial charge in [-0.15, -0.1) is 0 Å². The Kier molecular flexibility index (Phi) is 3.93. The summed E-state index contributed by atoms with van der Waals surface area (Å²) in [7, 11) is 0. The van der Waals surface area contributed by atoms with Crippen LogP contribution in [0.4, 0.5) is 10.1 Å². The third kappa shape index (κ3) is 2.93. The largest absolute Gasteiger partial charge is 0.361 e. The molecule has 0 bridgehead atoms. The van der Waals surface area contributed by atoms with Crippen LogP contribution < -0.4 is 10.2 Å². The molecule has 1 heterocycles. The Hall–Kier alpha value is -1.87. The van der Waals surface area contributed by atoms with Crippen LogP contribution in [0.1, 0.15) is 24.1 Å². The molecule has 2 unspecified atom stereocenters. The lowest BCUT2D eigenvalue weighted by molar-refractivity contribution is 0.415. The van der Waals surface area contributed by atoms with Crippen LogP contribution >= 0.6 is 0 Å². The highest BCUT2D eigenvalue weighted by Crippen LogP contribution is 2.32. The van der Waals surface area contributed by atoms with Crippen molar-refractivity contribution in [3.8, 4) is 0 Å². The zero-order valence-corrected chi connectivity index (χ0v) is 12.5. The molecular weight excluding hydrogens is 263 g/mol. The van der Waals surface area contributed by atoms with Crippen molar-refractivity contribution < 1.29 is 4.39 Å². The monoisotopic (exact) mass is 284 g/mol. The van der Waals surface area contributed by atoms with E-state index in [1.165, 1.54) is 11.6 Å². The number of aryl methyl sites for hydroxylation is 1. The zero-order valence-electron chi connectivity index (χ0n) is 12.5. The predicted octanol–water partition coefficient (Wildman–Crippen LogP) is 3.67. The molecule has 0 saturated carbocycles. The molecule has 3 heteroatoms. The zero-order chi connectivity index (χ0) is 14.8. The van der Waals surface area contributed by atoms with E-state index in [4.69, 9.17) is 0 Å². The molecular formula is C18H21FN2. The normalized spacial score (nSPS) is 22.3. The highest BCUT2D eigenvalue weighted by molar-refractivity contribution is 5.56. The van der Waals surface area contributed by atoms with Crippen molar-refractivity contribution in [2.45, 2.75) is 25.9 Å². The van der Waals surface area contributed by atoms with Gasteiger partial charge in [-0.3, -0.25) is 0 Å². The topological polar surface area (TPSA) is 15.3 Å². The maximum atomic E-state index is 13.7. The molecule has 21 heavy (non-hydrogen) atoms. The Morgan fingerprint density at radius 3 is 2.67 bits per heavy atom. The van der Waals surface area contributed by atoms with Crippen molar-refractivity contribution in [2.24, 2.45) is 0 Å². The van der Waals surface area contributed by atoms with E-state index in [-0.39, 0.29) is 11.9 Å². The number of hydrogen-bond donors (Lipinski definition) is 1. The lowest BCUT2D eigenvalue weighted by Crippen LogP contribution is -2.51. The SMILES string of the molecule is Cc1ccc(F)cc1N1CC(C)NCC1c1ccccc1. The van der Waals surface area contributed by atoms with Crippen molar-refractivity contribution in [3.05, 3.63) is 65.5 Å². The molecule has 1 aliphatic rings. The van der Waals surface area contributed by atoms with Gasteiger partial charge in [-0.25, -0.2) is 4.39 Å². The molecule has 3 rings (SSSR count). The van der Waals surface area contributed by atoms with E-state index in [9.17, 15) is 4.39 Å². The number of hydrogen-bond acceptors (Lipinski definition) is 2. The van der Waals surface area contributed by atoms with E-state index >= 15 is 0 Å². The van der Waals surface area contributed by atoms with Gasteiger partial charge in [0.2, 0.25) is 0 Å². The van der Waals surface area contributed by atoms with Gasteiger partial charge in [-0.1, -0.05) is 36.4 Å². The van der Waals surface area contributed by atoms with E-state index in [2.05, 4.69) is 41.4 Å². The summed E-state index contributed by atoms with van der Waals surface area (Å²) < 4.78 is 13.7. The Balaban J connectivity index is 2.00. The van der Waals surface area contributed by atoms with Gasteiger partial charge in [0, 0.05) is 24.8 Å². The first-order valence-corrected chi connectivity index (χ1v) is 7.46. The van der Waals surface area contributed by atoms with Crippen LogP contribution in [0.5, 0.6) is 0 Å². The maximum Gasteiger partial charge on any atom is 0.125 e. The molecule has 1 N–H and O–H groups in total. The maximum absolute atomic E-state index is 13.7. The van der Waals surface area contributed by atoms with Crippen LogP contribution in [0.15, 0.2) is 48.5 Å². The lowest BCUT2D eigenvalue weighted by Gasteiger charge is -2.42. The minimum absolute atomic E-state index is 0.173. The van der Waals surface area contributed by atoms with Gasteiger partial charge < -0.3 is 10.2 Å². The summed E-state index contributed by atoms with van der Waals surface area (Å²) in [5.74, 6) is -0.173. The van der Waals surface area contributed by atoms with Crippen molar-refractivity contribution in [3.63, 3.8) is 0 Å². The van der Waals surface area contributed by atoms with E-state index in [1.807, 2.05) is 19.1 Å². The molecule has 110 valence electrons.